The third-order valence-corrected chi connectivity index (χ3v) is 2.85. The Bertz CT molecular complexity index is 599. The van der Waals surface area contributed by atoms with Crippen molar-refractivity contribution in [3.63, 3.8) is 0 Å². The molecule has 0 aliphatic rings. The Kier molecular flexibility index (Phi) is 6.39. The molecule has 0 spiro atoms. The van der Waals surface area contributed by atoms with Gasteiger partial charge in [-0.1, -0.05) is 12.1 Å². The molecular formula is C15H18ClFN2O2. The zero-order chi connectivity index (χ0) is 14.5. The lowest BCUT2D eigenvalue weighted by atomic mass is 10.1. The third-order valence-electron chi connectivity index (χ3n) is 2.85. The number of nitrogens with two attached hydrogens (primary N) is 1. The molecule has 0 aliphatic heterocycles. The first kappa shape index (κ1) is 17.2. The van der Waals surface area contributed by atoms with Crippen LogP contribution in [0.4, 0.5) is 4.39 Å². The summed E-state index contributed by atoms with van der Waals surface area (Å²) in [6.07, 6.45) is 0.687. The van der Waals surface area contributed by atoms with E-state index in [1.807, 2.05) is 6.92 Å². The molecule has 0 aliphatic carbocycles. The number of amides is 1. The Morgan fingerprint density at radius 3 is 2.71 bits per heavy atom. The van der Waals surface area contributed by atoms with E-state index >= 15 is 0 Å². The van der Waals surface area contributed by atoms with Crippen molar-refractivity contribution in [3.05, 3.63) is 48.0 Å². The van der Waals surface area contributed by atoms with Gasteiger partial charge in [-0.3, -0.25) is 4.79 Å². The van der Waals surface area contributed by atoms with Crippen molar-refractivity contribution in [3.8, 4) is 11.3 Å². The highest BCUT2D eigenvalue weighted by molar-refractivity contribution is 5.92. The van der Waals surface area contributed by atoms with Gasteiger partial charge in [0.15, 0.2) is 5.76 Å². The third kappa shape index (κ3) is 4.58. The van der Waals surface area contributed by atoms with E-state index < -0.39 is 0 Å². The van der Waals surface area contributed by atoms with E-state index in [2.05, 4.69) is 5.32 Å². The lowest BCUT2D eigenvalue weighted by Crippen LogP contribution is -2.28. The molecule has 21 heavy (non-hydrogen) atoms. The molecule has 1 amide bonds. The largest absolute Gasteiger partial charge is 0.451 e. The predicted octanol–water partition coefficient (Wildman–Crippen LogP) is 2.97. The normalized spacial score (nSPS) is 11.6. The van der Waals surface area contributed by atoms with Crippen LogP contribution in [0.3, 0.4) is 0 Å². The van der Waals surface area contributed by atoms with Crippen molar-refractivity contribution >= 4 is 18.3 Å². The van der Waals surface area contributed by atoms with Crippen molar-refractivity contribution in [2.45, 2.75) is 19.4 Å². The number of benzene rings is 1. The summed E-state index contributed by atoms with van der Waals surface area (Å²) >= 11 is 0. The maximum atomic E-state index is 13.6. The van der Waals surface area contributed by atoms with Crippen LogP contribution in [0.2, 0.25) is 0 Å². The molecule has 1 aromatic carbocycles. The van der Waals surface area contributed by atoms with Crippen LogP contribution < -0.4 is 11.1 Å². The summed E-state index contributed by atoms with van der Waals surface area (Å²) < 4.78 is 19.0. The number of hydrogen-bond acceptors (Lipinski definition) is 3. The highest BCUT2D eigenvalue weighted by Gasteiger charge is 2.13. The minimum Gasteiger partial charge on any atom is -0.451 e. The quantitative estimate of drug-likeness (QED) is 0.892. The Labute approximate surface area is 128 Å². The lowest BCUT2D eigenvalue weighted by Gasteiger charge is -2.05. The summed E-state index contributed by atoms with van der Waals surface area (Å²) in [6, 6.07) is 9.40. The first-order valence-corrected chi connectivity index (χ1v) is 6.46. The molecular weight excluding hydrogens is 295 g/mol. The molecule has 4 nitrogen and oxygen atoms in total. The van der Waals surface area contributed by atoms with Crippen molar-refractivity contribution < 1.29 is 13.6 Å². The fourth-order valence-corrected chi connectivity index (χ4v) is 1.77. The molecule has 3 N–H and O–H groups in total. The number of carbonyl (C=O) groups excluding carboxylic acids is 1. The molecule has 114 valence electrons. The zero-order valence-electron chi connectivity index (χ0n) is 11.6. The maximum Gasteiger partial charge on any atom is 0.287 e. The van der Waals surface area contributed by atoms with Gasteiger partial charge in [0, 0.05) is 12.6 Å². The molecule has 0 radical (unpaired) electrons. The lowest BCUT2D eigenvalue weighted by molar-refractivity contribution is 0.0926. The summed E-state index contributed by atoms with van der Waals surface area (Å²) in [5, 5.41) is 2.70. The van der Waals surface area contributed by atoms with Crippen LogP contribution in [0.1, 0.15) is 23.9 Å². The maximum absolute atomic E-state index is 13.6. The van der Waals surface area contributed by atoms with E-state index in [-0.39, 0.29) is 35.9 Å². The molecule has 1 heterocycles. The van der Waals surface area contributed by atoms with Gasteiger partial charge in [0.25, 0.3) is 5.91 Å². The Hall–Kier alpha value is -1.85. The summed E-state index contributed by atoms with van der Waals surface area (Å²) in [6.45, 7) is 2.35. The van der Waals surface area contributed by atoms with Crippen molar-refractivity contribution in [1.82, 2.24) is 5.32 Å². The van der Waals surface area contributed by atoms with Gasteiger partial charge >= 0.3 is 0 Å². The predicted molar refractivity (Wildman–Crippen MR) is 81.9 cm³/mol. The van der Waals surface area contributed by atoms with Gasteiger partial charge in [-0.15, -0.1) is 12.4 Å². The first-order chi connectivity index (χ1) is 9.58. The van der Waals surface area contributed by atoms with Gasteiger partial charge in [-0.25, -0.2) is 4.39 Å². The monoisotopic (exact) mass is 312 g/mol. The highest BCUT2D eigenvalue weighted by atomic mass is 35.5. The van der Waals surface area contributed by atoms with E-state index in [1.165, 1.54) is 12.1 Å². The second kappa shape index (κ2) is 7.81. The molecule has 1 aromatic heterocycles. The van der Waals surface area contributed by atoms with E-state index in [9.17, 15) is 9.18 Å². The average Bonchev–Trinajstić information content (AvgIpc) is 2.88. The van der Waals surface area contributed by atoms with Crippen LogP contribution in [-0.2, 0) is 0 Å². The SMILES string of the molecule is CC(N)CCNC(=O)c1ccc(-c2ccccc2F)o1.Cl. The molecule has 0 fully saturated rings. The Morgan fingerprint density at radius 2 is 2.05 bits per heavy atom. The van der Waals surface area contributed by atoms with Gasteiger partial charge in [-0.05, 0) is 37.6 Å². The van der Waals surface area contributed by atoms with Gasteiger partial charge in [0.1, 0.15) is 11.6 Å². The molecule has 0 saturated carbocycles. The van der Waals surface area contributed by atoms with Crippen LogP contribution >= 0.6 is 12.4 Å². The minimum absolute atomic E-state index is 0. The van der Waals surface area contributed by atoms with Crippen molar-refractivity contribution in [1.29, 1.82) is 0 Å². The highest BCUT2D eigenvalue weighted by Crippen LogP contribution is 2.24. The number of halogens is 2. The van der Waals surface area contributed by atoms with E-state index in [0.29, 0.717) is 24.3 Å². The topological polar surface area (TPSA) is 68.3 Å². The molecule has 2 aromatic rings. The van der Waals surface area contributed by atoms with Crippen LogP contribution in [-0.4, -0.2) is 18.5 Å². The molecule has 1 unspecified atom stereocenters. The molecule has 2 rings (SSSR count). The molecule has 1 atom stereocenters. The average molecular weight is 313 g/mol. The Balaban J connectivity index is 0.00000220. The standard InChI is InChI=1S/C15H17FN2O2.ClH/c1-10(17)8-9-18-15(19)14-7-6-13(20-14)11-4-2-3-5-12(11)16;/h2-7,10H,8-9,17H2,1H3,(H,18,19);1H. The number of carbonyl (C=O) groups is 1. The molecule has 0 saturated heterocycles. The van der Waals surface area contributed by atoms with Crippen LogP contribution in [0.15, 0.2) is 40.8 Å². The van der Waals surface area contributed by atoms with Gasteiger partial charge < -0.3 is 15.5 Å². The van der Waals surface area contributed by atoms with Crippen LogP contribution in [0.5, 0.6) is 0 Å². The number of nitrogens with one attached hydrogen (secondary N) is 1. The van der Waals surface area contributed by atoms with Gasteiger partial charge in [0.05, 0.1) is 5.56 Å². The fraction of sp³-hybridized carbons (Fsp3) is 0.267. The summed E-state index contributed by atoms with van der Waals surface area (Å²) in [4.78, 5) is 11.8. The van der Waals surface area contributed by atoms with Gasteiger partial charge in [0.2, 0.25) is 0 Å². The molecule has 0 bridgehead atoms. The van der Waals surface area contributed by atoms with Crippen molar-refractivity contribution in [2.24, 2.45) is 5.73 Å². The summed E-state index contributed by atoms with van der Waals surface area (Å²) in [5.41, 5.74) is 5.93. The smallest absolute Gasteiger partial charge is 0.287 e. The van der Waals surface area contributed by atoms with Crippen LogP contribution in [0.25, 0.3) is 11.3 Å². The van der Waals surface area contributed by atoms with E-state index in [1.54, 1.807) is 24.3 Å². The summed E-state index contributed by atoms with van der Waals surface area (Å²) in [5.74, 6) is -0.215. The number of hydrogen-bond donors (Lipinski definition) is 2. The fourth-order valence-electron chi connectivity index (χ4n) is 1.77. The first-order valence-electron chi connectivity index (χ1n) is 6.46. The Morgan fingerprint density at radius 1 is 1.33 bits per heavy atom. The molecule has 6 heteroatoms. The zero-order valence-corrected chi connectivity index (χ0v) is 12.5. The minimum atomic E-state index is -0.384. The second-order valence-corrected chi connectivity index (χ2v) is 4.67. The second-order valence-electron chi connectivity index (χ2n) is 4.67. The van der Waals surface area contributed by atoms with Crippen LogP contribution in [0, 0.1) is 5.82 Å². The van der Waals surface area contributed by atoms with Gasteiger partial charge in [-0.2, -0.15) is 0 Å². The summed E-state index contributed by atoms with van der Waals surface area (Å²) in [7, 11) is 0. The number of furan rings is 1. The van der Waals surface area contributed by atoms with Crippen molar-refractivity contribution in [2.75, 3.05) is 6.54 Å². The van der Waals surface area contributed by atoms with E-state index in [0.717, 1.165) is 0 Å². The van der Waals surface area contributed by atoms with E-state index in [4.69, 9.17) is 10.2 Å². The number of rotatable bonds is 5.